The van der Waals surface area contributed by atoms with E-state index in [1.54, 1.807) is 37.3 Å². The first-order valence-electron chi connectivity index (χ1n) is 9.22. The van der Waals surface area contributed by atoms with Crippen LogP contribution in [0.25, 0.3) is 6.08 Å². The minimum absolute atomic E-state index is 0.0389. The van der Waals surface area contributed by atoms with Crippen LogP contribution in [-0.2, 0) is 6.61 Å². The third-order valence-corrected chi connectivity index (χ3v) is 5.11. The molecule has 3 aromatic carbocycles. The van der Waals surface area contributed by atoms with Gasteiger partial charge in [-0.3, -0.25) is 14.9 Å². The van der Waals surface area contributed by atoms with Crippen molar-refractivity contribution < 1.29 is 23.6 Å². The van der Waals surface area contributed by atoms with Crippen LogP contribution < -0.4 is 9.47 Å². The second kappa shape index (κ2) is 8.20. The van der Waals surface area contributed by atoms with Gasteiger partial charge in [0.25, 0.3) is 5.69 Å². The van der Waals surface area contributed by atoms with Crippen molar-refractivity contribution in [2.45, 2.75) is 13.5 Å². The molecule has 0 radical (unpaired) electrons. The predicted molar refractivity (Wildman–Crippen MR) is 113 cm³/mol. The third-order valence-electron chi connectivity index (χ3n) is 4.75. The minimum Gasteiger partial charge on any atom is -0.489 e. The first kappa shape index (κ1) is 20.6. The average molecular weight is 440 g/mol. The molecule has 1 heterocycles. The van der Waals surface area contributed by atoms with Gasteiger partial charge in [-0.2, -0.15) is 0 Å². The Bertz CT molecular complexity index is 1240. The standard InChI is InChI=1S/C23H15ClFNO5/c1-13-8-18(30-12-15-4-5-16(25)10-19(15)24)11-20-22(13)23(27)21(31-20)9-14-2-6-17(7-3-14)26(28)29/h2-11H,12H2,1H3/b21-9-. The maximum Gasteiger partial charge on any atom is 0.269 e. The van der Waals surface area contributed by atoms with Crippen molar-refractivity contribution in [2.75, 3.05) is 0 Å². The molecule has 6 nitrogen and oxygen atoms in total. The van der Waals surface area contributed by atoms with E-state index >= 15 is 0 Å². The molecule has 1 aliphatic heterocycles. The van der Waals surface area contributed by atoms with E-state index in [1.165, 1.54) is 30.3 Å². The molecule has 31 heavy (non-hydrogen) atoms. The number of carbonyl (C=O) groups excluding carboxylic acids is 1. The first-order valence-corrected chi connectivity index (χ1v) is 9.59. The molecular weight excluding hydrogens is 425 g/mol. The fraction of sp³-hybridized carbons (Fsp3) is 0.0870. The third kappa shape index (κ3) is 4.27. The van der Waals surface area contributed by atoms with Crippen molar-refractivity contribution in [3.8, 4) is 11.5 Å². The maximum atomic E-state index is 13.2. The summed E-state index contributed by atoms with van der Waals surface area (Å²) in [5, 5.41) is 11.0. The molecule has 0 saturated heterocycles. The molecule has 0 amide bonds. The van der Waals surface area contributed by atoms with Crippen molar-refractivity contribution in [2.24, 2.45) is 0 Å². The van der Waals surface area contributed by atoms with E-state index < -0.39 is 10.7 Å². The molecule has 0 N–H and O–H groups in total. The number of nitro groups is 1. The number of carbonyl (C=O) groups is 1. The second-order valence-electron chi connectivity index (χ2n) is 6.93. The van der Waals surface area contributed by atoms with Gasteiger partial charge in [0.2, 0.25) is 5.78 Å². The molecule has 0 aliphatic carbocycles. The number of non-ortho nitro benzene ring substituents is 1. The number of hydrogen-bond acceptors (Lipinski definition) is 5. The van der Waals surface area contributed by atoms with E-state index in [0.717, 1.165) is 0 Å². The Morgan fingerprint density at radius 3 is 2.58 bits per heavy atom. The Morgan fingerprint density at radius 1 is 1.16 bits per heavy atom. The first-order chi connectivity index (χ1) is 14.8. The summed E-state index contributed by atoms with van der Waals surface area (Å²) in [6, 6.07) is 13.2. The lowest BCUT2D eigenvalue weighted by molar-refractivity contribution is -0.384. The second-order valence-corrected chi connectivity index (χ2v) is 7.33. The van der Waals surface area contributed by atoms with Crippen molar-refractivity contribution in [3.05, 3.63) is 104 Å². The molecule has 0 atom stereocenters. The Hall–Kier alpha value is -3.71. The van der Waals surface area contributed by atoms with E-state index in [9.17, 15) is 19.3 Å². The van der Waals surface area contributed by atoms with Gasteiger partial charge in [0, 0.05) is 23.8 Å². The number of benzene rings is 3. The number of nitrogens with zero attached hydrogens (tertiary/aromatic N) is 1. The van der Waals surface area contributed by atoms with Crippen LogP contribution in [0.2, 0.25) is 5.02 Å². The molecule has 0 saturated carbocycles. The number of hydrogen-bond donors (Lipinski definition) is 0. The smallest absolute Gasteiger partial charge is 0.269 e. The van der Waals surface area contributed by atoms with Gasteiger partial charge in [-0.05, 0) is 54.5 Å². The SMILES string of the molecule is Cc1cc(OCc2ccc(F)cc2Cl)cc2c1C(=O)/C(=C/c1ccc([N+](=O)[O-])cc1)O2. The predicted octanol–water partition coefficient (Wildman–Crippen LogP) is 5.89. The van der Waals surface area contributed by atoms with Crippen molar-refractivity contribution in [1.29, 1.82) is 0 Å². The maximum absolute atomic E-state index is 13.2. The average Bonchev–Trinajstić information content (AvgIpc) is 3.03. The van der Waals surface area contributed by atoms with Gasteiger partial charge in [0.1, 0.15) is 23.9 Å². The number of ketones is 1. The van der Waals surface area contributed by atoms with Crippen LogP contribution in [0, 0.1) is 22.9 Å². The highest BCUT2D eigenvalue weighted by molar-refractivity contribution is 6.31. The van der Waals surface area contributed by atoms with Gasteiger partial charge < -0.3 is 9.47 Å². The van der Waals surface area contributed by atoms with E-state index in [4.69, 9.17) is 21.1 Å². The lowest BCUT2D eigenvalue weighted by Gasteiger charge is -2.10. The Balaban J connectivity index is 1.55. The summed E-state index contributed by atoms with van der Waals surface area (Å²) in [5.74, 6) is 0.241. The zero-order valence-corrected chi connectivity index (χ0v) is 17.0. The summed E-state index contributed by atoms with van der Waals surface area (Å²) < 4.78 is 24.7. The summed E-state index contributed by atoms with van der Waals surface area (Å²) in [6.45, 7) is 1.89. The molecule has 0 bridgehead atoms. The molecule has 1 aliphatic rings. The number of fused-ring (bicyclic) bond motifs is 1. The molecular formula is C23H15ClFNO5. The zero-order valence-electron chi connectivity index (χ0n) is 16.2. The van der Waals surface area contributed by atoms with Crippen molar-refractivity contribution in [1.82, 2.24) is 0 Å². The number of aryl methyl sites for hydroxylation is 1. The van der Waals surface area contributed by atoms with Gasteiger partial charge in [-0.1, -0.05) is 17.7 Å². The molecule has 156 valence electrons. The monoisotopic (exact) mass is 439 g/mol. The lowest BCUT2D eigenvalue weighted by Crippen LogP contribution is -2.00. The van der Waals surface area contributed by atoms with E-state index in [0.29, 0.717) is 33.8 Å². The number of allylic oxidation sites excluding steroid dienone is 1. The fourth-order valence-electron chi connectivity index (χ4n) is 3.20. The van der Waals surface area contributed by atoms with Crippen LogP contribution in [-0.4, -0.2) is 10.7 Å². The Morgan fingerprint density at radius 2 is 1.90 bits per heavy atom. The Labute approximate surface area is 181 Å². The minimum atomic E-state index is -0.492. The van der Waals surface area contributed by atoms with Gasteiger partial charge in [0.05, 0.1) is 15.5 Å². The highest BCUT2D eigenvalue weighted by Gasteiger charge is 2.30. The van der Waals surface area contributed by atoms with Gasteiger partial charge in [0.15, 0.2) is 5.76 Å². The quantitative estimate of drug-likeness (QED) is 0.281. The number of halogens is 2. The fourth-order valence-corrected chi connectivity index (χ4v) is 3.43. The zero-order chi connectivity index (χ0) is 22.1. The Kier molecular flexibility index (Phi) is 5.44. The highest BCUT2D eigenvalue weighted by Crippen LogP contribution is 2.38. The van der Waals surface area contributed by atoms with Crippen LogP contribution >= 0.6 is 11.6 Å². The molecule has 0 spiro atoms. The van der Waals surface area contributed by atoms with Crippen LogP contribution in [0.4, 0.5) is 10.1 Å². The summed E-state index contributed by atoms with van der Waals surface area (Å²) >= 11 is 6.03. The van der Waals surface area contributed by atoms with E-state index in [2.05, 4.69) is 0 Å². The van der Waals surface area contributed by atoms with Gasteiger partial charge in [-0.25, -0.2) is 4.39 Å². The van der Waals surface area contributed by atoms with Crippen LogP contribution in [0.5, 0.6) is 11.5 Å². The molecule has 0 aromatic heterocycles. The molecule has 0 unspecified atom stereocenters. The molecule has 4 rings (SSSR count). The summed E-state index contributed by atoms with van der Waals surface area (Å²) in [4.78, 5) is 23.1. The van der Waals surface area contributed by atoms with Gasteiger partial charge >= 0.3 is 0 Å². The molecule has 8 heteroatoms. The van der Waals surface area contributed by atoms with E-state index in [-0.39, 0.29) is 28.9 Å². The van der Waals surface area contributed by atoms with Gasteiger partial charge in [-0.15, -0.1) is 0 Å². The van der Waals surface area contributed by atoms with Crippen molar-refractivity contribution >= 4 is 29.1 Å². The summed E-state index contributed by atoms with van der Waals surface area (Å²) in [6.07, 6.45) is 1.53. The summed E-state index contributed by atoms with van der Waals surface area (Å²) in [7, 11) is 0. The normalized spacial score (nSPS) is 13.8. The number of Topliss-reactive ketones (excluding diaryl/α,β-unsaturated/α-hetero) is 1. The highest BCUT2D eigenvalue weighted by atomic mass is 35.5. The molecule has 0 fully saturated rings. The molecule has 3 aromatic rings. The van der Waals surface area contributed by atoms with Crippen LogP contribution in [0.3, 0.4) is 0 Å². The number of nitro benzene ring substituents is 1. The van der Waals surface area contributed by atoms with E-state index in [1.807, 2.05) is 0 Å². The largest absolute Gasteiger partial charge is 0.489 e. The van der Waals surface area contributed by atoms with Crippen LogP contribution in [0.15, 0.2) is 60.4 Å². The van der Waals surface area contributed by atoms with Crippen LogP contribution in [0.1, 0.15) is 27.0 Å². The number of ether oxygens (including phenoxy) is 2. The van der Waals surface area contributed by atoms with Crippen molar-refractivity contribution in [3.63, 3.8) is 0 Å². The lowest BCUT2D eigenvalue weighted by atomic mass is 10.0. The number of rotatable bonds is 5. The summed E-state index contributed by atoms with van der Waals surface area (Å²) in [5.41, 5.74) is 2.29. The topological polar surface area (TPSA) is 78.7 Å².